The van der Waals surface area contributed by atoms with Crippen LogP contribution in [0.25, 0.3) is 10.9 Å². The van der Waals surface area contributed by atoms with Crippen molar-refractivity contribution in [2.24, 2.45) is 10.2 Å². The Morgan fingerprint density at radius 3 is 2.46 bits per heavy atom. The number of azo groups is 1. The average molecular weight is 341 g/mol. The van der Waals surface area contributed by atoms with Crippen LogP contribution in [-0.2, 0) is 6.18 Å². The number of aromatic amines is 1. The van der Waals surface area contributed by atoms with E-state index in [4.69, 9.17) is 0 Å². The van der Waals surface area contributed by atoms with Crippen LogP contribution in [0.3, 0.4) is 0 Å². The minimum Gasteiger partial charge on any atom is -0.493 e. The zero-order valence-electron chi connectivity index (χ0n) is 11.7. The Morgan fingerprint density at radius 2 is 1.75 bits per heavy atom. The molecule has 0 amide bonds. The minimum absolute atomic E-state index is 0.0827. The second-order valence-corrected chi connectivity index (χ2v) is 4.88. The van der Waals surface area contributed by atoms with Crippen molar-refractivity contribution in [3.05, 3.63) is 53.6 Å². The third-order valence-electron chi connectivity index (χ3n) is 3.22. The van der Waals surface area contributed by atoms with Gasteiger partial charge in [0.25, 0.3) is 0 Å². The van der Waals surface area contributed by atoms with E-state index in [1.165, 1.54) is 6.07 Å². The predicted molar refractivity (Wildman–Crippen MR) is 75.5 cm³/mol. The SMILES string of the molecule is Oc1[nH]c2c(F)cc(F)cc2c1N=Nc1cccc(C(F)(F)F)c1. The van der Waals surface area contributed by atoms with Gasteiger partial charge >= 0.3 is 6.18 Å². The van der Waals surface area contributed by atoms with Crippen LogP contribution < -0.4 is 0 Å². The molecule has 2 aromatic carbocycles. The molecule has 4 nitrogen and oxygen atoms in total. The summed E-state index contributed by atoms with van der Waals surface area (Å²) in [4.78, 5) is 2.27. The second-order valence-electron chi connectivity index (χ2n) is 4.88. The van der Waals surface area contributed by atoms with Crippen molar-refractivity contribution in [1.82, 2.24) is 4.98 Å². The summed E-state index contributed by atoms with van der Waals surface area (Å²) >= 11 is 0. The molecule has 9 heteroatoms. The molecule has 0 saturated carbocycles. The molecule has 0 spiro atoms. The molecule has 1 aromatic heterocycles. The maximum Gasteiger partial charge on any atom is 0.416 e. The number of hydrogen-bond donors (Lipinski definition) is 2. The van der Waals surface area contributed by atoms with Crippen molar-refractivity contribution in [2.45, 2.75) is 6.18 Å². The molecule has 2 N–H and O–H groups in total. The molecule has 3 rings (SSSR count). The fourth-order valence-corrected chi connectivity index (χ4v) is 2.15. The fraction of sp³-hybridized carbons (Fsp3) is 0.0667. The number of nitrogens with one attached hydrogen (secondary N) is 1. The average Bonchev–Trinajstić information content (AvgIpc) is 2.81. The number of benzene rings is 2. The number of rotatable bonds is 2. The summed E-state index contributed by atoms with van der Waals surface area (Å²) in [6, 6.07) is 5.59. The Balaban J connectivity index is 2.04. The van der Waals surface area contributed by atoms with Gasteiger partial charge < -0.3 is 10.1 Å². The number of hydrogen-bond acceptors (Lipinski definition) is 3. The predicted octanol–water partition coefficient (Wildman–Crippen LogP) is 5.59. The Hall–Kier alpha value is -2.97. The van der Waals surface area contributed by atoms with Gasteiger partial charge in [-0.15, -0.1) is 5.11 Å². The summed E-state index contributed by atoms with van der Waals surface area (Å²) in [7, 11) is 0. The number of fused-ring (bicyclic) bond motifs is 1. The third-order valence-corrected chi connectivity index (χ3v) is 3.22. The molecule has 3 aromatic rings. The third kappa shape index (κ3) is 2.92. The van der Waals surface area contributed by atoms with Crippen LogP contribution in [0.4, 0.5) is 33.3 Å². The highest BCUT2D eigenvalue weighted by Crippen LogP contribution is 2.38. The maximum absolute atomic E-state index is 13.6. The first-order valence-corrected chi connectivity index (χ1v) is 6.54. The lowest BCUT2D eigenvalue weighted by molar-refractivity contribution is -0.137. The van der Waals surface area contributed by atoms with E-state index in [0.29, 0.717) is 6.07 Å². The molecule has 0 fully saturated rings. The molecule has 0 radical (unpaired) electrons. The first kappa shape index (κ1) is 15.9. The summed E-state index contributed by atoms with van der Waals surface area (Å²) in [5.74, 6) is -2.42. The van der Waals surface area contributed by atoms with Gasteiger partial charge in [0.05, 0.1) is 16.8 Å². The van der Waals surface area contributed by atoms with E-state index < -0.39 is 29.3 Å². The van der Waals surface area contributed by atoms with Crippen LogP contribution >= 0.6 is 0 Å². The van der Waals surface area contributed by atoms with Crippen LogP contribution in [0.2, 0.25) is 0 Å². The lowest BCUT2D eigenvalue weighted by Gasteiger charge is -2.05. The molecular formula is C15H8F5N3O. The fourth-order valence-electron chi connectivity index (χ4n) is 2.15. The van der Waals surface area contributed by atoms with E-state index in [0.717, 1.165) is 24.3 Å². The molecule has 1 heterocycles. The number of halogens is 5. The van der Waals surface area contributed by atoms with Crippen LogP contribution in [0.15, 0.2) is 46.6 Å². The van der Waals surface area contributed by atoms with Crippen LogP contribution in [0, 0.1) is 11.6 Å². The Labute approximate surface area is 131 Å². The quantitative estimate of drug-likeness (QED) is 0.463. The standard InChI is InChI=1S/C15H8F5N3O/c16-8-5-10-12(11(17)6-8)21-14(24)13(10)23-22-9-3-1-2-7(4-9)15(18,19)20/h1-6,21,24H. The van der Waals surface area contributed by atoms with Crippen LogP contribution in [-0.4, -0.2) is 10.1 Å². The van der Waals surface area contributed by atoms with E-state index in [-0.39, 0.29) is 22.3 Å². The Bertz CT molecular complexity index is 946. The number of aromatic hydroxyl groups is 1. The maximum atomic E-state index is 13.6. The lowest BCUT2D eigenvalue weighted by Crippen LogP contribution is -2.03. The highest BCUT2D eigenvalue weighted by Gasteiger charge is 2.30. The van der Waals surface area contributed by atoms with Gasteiger partial charge in [0.1, 0.15) is 11.6 Å². The highest BCUT2D eigenvalue weighted by atomic mass is 19.4. The zero-order chi connectivity index (χ0) is 17.5. The van der Waals surface area contributed by atoms with Crippen molar-refractivity contribution in [3.63, 3.8) is 0 Å². The normalized spacial score (nSPS) is 12.4. The number of alkyl halides is 3. The van der Waals surface area contributed by atoms with Gasteiger partial charge in [0.2, 0.25) is 5.88 Å². The van der Waals surface area contributed by atoms with Crippen molar-refractivity contribution >= 4 is 22.3 Å². The zero-order valence-corrected chi connectivity index (χ0v) is 11.7. The van der Waals surface area contributed by atoms with Gasteiger partial charge in [-0.1, -0.05) is 6.07 Å². The number of H-pyrrole nitrogens is 1. The smallest absolute Gasteiger partial charge is 0.416 e. The lowest BCUT2D eigenvalue weighted by atomic mass is 10.2. The van der Waals surface area contributed by atoms with Gasteiger partial charge in [-0.25, -0.2) is 8.78 Å². The molecule has 0 unspecified atom stereocenters. The molecule has 24 heavy (non-hydrogen) atoms. The van der Waals surface area contributed by atoms with Gasteiger partial charge in [-0.3, -0.25) is 0 Å². The van der Waals surface area contributed by atoms with E-state index >= 15 is 0 Å². The van der Waals surface area contributed by atoms with Crippen molar-refractivity contribution in [1.29, 1.82) is 0 Å². The topological polar surface area (TPSA) is 60.7 Å². The molecule has 0 bridgehead atoms. The molecule has 0 aliphatic heterocycles. The van der Waals surface area contributed by atoms with Gasteiger partial charge in [0, 0.05) is 11.5 Å². The summed E-state index contributed by atoms with van der Waals surface area (Å²) in [6.45, 7) is 0. The number of aromatic nitrogens is 1. The largest absolute Gasteiger partial charge is 0.493 e. The highest BCUT2D eigenvalue weighted by molar-refractivity contribution is 5.94. The molecule has 124 valence electrons. The monoisotopic (exact) mass is 341 g/mol. The molecule has 0 aliphatic carbocycles. The minimum atomic E-state index is -4.54. The Morgan fingerprint density at radius 1 is 1.00 bits per heavy atom. The summed E-state index contributed by atoms with van der Waals surface area (Å²) < 4.78 is 64.8. The van der Waals surface area contributed by atoms with Gasteiger partial charge in [-0.2, -0.15) is 18.3 Å². The van der Waals surface area contributed by atoms with Gasteiger partial charge in [-0.05, 0) is 24.3 Å². The van der Waals surface area contributed by atoms with Crippen molar-refractivity contribution < 1.29 is 27.1 Å². The van der Waals surface area contributed by atoms with Gasteiger partial charge in [0.15, 0.2) is 5.69 Å². The first-order chi connectivity index (χ1) is 11.3. The van der Waals surface area contributed by atoms with Crippen LogP contribution in [0.5, 0.6) is 5.88 Å². The van der Waals surface area contributed by atoms with E-state index in [1.807, 2.05) is 0 Å². The molecule has 0 saturated heterocycles. The first-order valence-electron chi connectivity index (χ1n) is 6.54. The molecule has 0 aliphatic rings. The van der Waals surface area contributed by atoms with E-state index in [2.05, 4.69) is 15.2 Å². The Kier molecular flexibility index (Phi) is 3.70. The van der Waals surface area contributed by atoms with Crippen molar-refractivity contribution in [3.8, 4) is 5.88 Å². The summed E-state index contributed by atoms with van der Waals surface area (Å²) in [6.07, 6.45) is -4.54. The van der Waals surface area contributed by atoms with Crippen molar-refractivity contribution in [2.75, 3.05) is 0 Å². The summed E-state index contributed by atoms with van der Waals surface area (Å²) in [5, 5.41) is 16.9. The summed E-state index contributed by atoms with van der Waals surface area (Å²) in [5.41, 5.74) is -1.51. The van der Waals surface area contributed by atoms with E-state index in [1.54, 1.807) is 0 Å². The second kappa shape index (κ2) is 5.59. The molecule has 0 atom stereocenters. The van der Waals surface area contributed by atoms with E-state index in [9.17, 15) is 27.1 Å². The van der Waals surface area contributed by atoms with Crippen LogP contribution in [0.1, 0.15) is 5.56 Å². The number of nitrogens with zero attached hydrogens (tertiary/aromatic N) is 2. The molecular weight excluding hydrogens is 333 g/mol.